The lowest BCUT2D eigenvalue weighted by Gasteiger charge is -2.30. The molecule has 0 radical (unpaired) electrons. The first-order valence-corrected chi connectivity index (χ1v) is 27.5. The molecule has 0 bridgehead atoms. The van der Waals surface area contributed by atoms with Gasteiger partial charge >= 0.3 is 0 Å². The van der Waals surface area contributed by atoms with Crippen LogP contribution in [0.1, 0.15) is 200 Å². The van der Waals surface area contributed by atoms with E-state index in [1.807, 2.05) is 21.1 Å². The first-order valence-electron chi connectivity index (χ1n) is 26.1. The highest BCUT2D eigenvalue weighted by atomic mass is 31.2. The minimum Gasteiger partial charge on any atom is -0.756 e. The summed E-state index contributed by atoms with van der Waals surface area (Å²) >= 11 is 0. The minimum absolute atomic E-state index is 0.00382. The van der Waals surface area contributed by atoms with E-state index in [4.69, 9.17) is 9.05 Å². The topological polar surface area (TPSA) is 108 Å². The van der Waals surface area contributed by atoms with Crippen LogP contribution < -0.4 is 10.2 Å². The van der Waals surface area contributed by atoms with E-state index in [1.54, 1.807) is 0 Å². The van der Waals surface area contributed by atoms with Crippen LogP contribution in [0.15, 0.2) is 97.2 Å². The number of quaternary nitrogens is 1. The molecule has 0 aromatic rings. The predicted octanol–water partition coefficient (Wildman–Crippen LogP) is 14.8. The van der Waals surface area contributed by atoms with E-state index in [0.717, 1.165) is 103 Å². The van der Waals surface area contributed by atoms with Gasteiger partial charge in [-0.25, -0.2) is 0 Å². The second-order valence-electron chi connectivity index (χ2n) is 18.5. The highest BCUT2D eigenvalue weighted by Crippen LogP contribution is 2.38. The molecule has 2 N–H and O–H groups in total. The molecule has 0 spiro atoms. The number of carbonyl (C=O) groups is 1. The lowest BCUT2D eigenvalue weighted by atomic mass is 10.0. The summed E-state index contributed by atoms with van der Waals surface area (Å²) in [6.07, 6.45) is 65.7. The number of aliphatic hydroxyl groups is 1. The highest BCUT2D eigenvalue weighted by molar-refractivity contribution is 7.45. The molecule has 3 atom stereocenters. The first kappa shape index (κ1) is 62.4. The molecule has 0 saturated heterocycles. The Labute approximate surface area is 400 Å². The molecule has 8 nitrogen and oxygen atoms in total. The van der Waals surface area contributed by atoms with E-state index < -0.39 is 20.0 Å². The number of rotatable bonds is 46. The number of likely N-dealkylation sites (N-methyl/N-ethyl adjacent to an activating group) is 1. The number of hydrogen-bond acceptors (Lipinski definition) is 6. The average Bonchev–Trinajstić information content (AvgIpc) is 3.26. The second kappa shape index (κ2) is 46.5. The van der Waals surface area contributed by atoms with Crippen molar-refractivity contribution >= 4 is 13.7 Å². The molecule has 3 unspecified atom stereocenters. The zero-order valence-electron chi connectivity index (χ0n) is 42.4. The molecule has 0 aromatic heterocycles. The molecule has 0 saturated carbocycles. The summed E-state index contributed by atoms with van der Waals surface area (Å²) in [5, 5.41) is 13.9. The molecule has 374 valence electrons. The van der Waals surface area contributed by atoms with Crippen molar-refractivity contribution in [2.45, 2.75) is 212 Å². The average molecular weight is 927 g/mol. The van der Waals surface area contributed by atoms with Crippen LogP contribution in [-0.2, 0) is 18.4 Å². The molecule has 0 aliphatic rings. The number of aliphatic hydroxyl groups excluding tert-OH is 1. The molecule has 1 amide bonds. The van der Waals surface area contributed by atoms with Crippen molar-refractivity contribution in [1.82, 2.24) is 5.32 Å². The van der Waals surface area contributed by atoms with Crippen LogP contribution in [0.5, 0.6) is 0 Å². The van der Waals surface area contributed by atoms with Crippen molar-refractivity contribution in [1.29, 1.82) is 0 Å². The van der Waals surface area contributed by atoms with Crippen LogP contribution in [0, 0.1) is 0 Å². The van der Waals surface area contributed by atoms with Crippen molar-refractivity contribution in [3.8, 4) is 0 Å². The summed E-state index contributed by atoms with van der Waals surface area (Å²) in [7, 11) is 1.28. The molecule has 0 fully saturated rings. The van der Waals surface area contributed by atoms with Gasteiger partial charge in [0.1, 0.15) is 13.2 Å². The number of nitrogens with one attached hydrogen (secondary N) is 1. The van der Waals surface area contributed by atoms with Gasteiger partial charge in [-0.1, -0.05) is 214 Å². The monoisotopic (exact) mass is 927 g/mol. The number of hydrogen-bond donors (Lipinski definition) is 2. The fourth-order valence-electron chi connectivity index (χ4n) is 7.00. The van der Waals surface area contributed by atoms with Crippen molar-refractivity contribution in [3.05, 3.63) is 97.2 Å². The Balaban J connectivity index is 4.22. The Morgan fingerprint density at radius 2 is 0.938 bits per heavy atom. The van der Waals surface area contributed by atoms with E-state index in [0.29, 0.717) is 23.9 Å². The second-order valence-corrected chi connectivity index (χ2v) is 19.9. The van der Waals surface area contributed by atoms with Gasteiger partial charge in [-0.2, -0.15) is 0 Å². The van der Waals surface area contributed by atoms with Gasteiger partial charge in [0.15, 0.2) is 0 Å². The summed E-state index contributed by atoms with van der Waals surface area (Å²) in [6, 6.07) is -0.814. The van der Waals surface area contributed by atoms with Crippen LogP contribution in [0.25, 0.3) is 0 Å². The Morgan fingerprint density at radius 1 is 0.554 bits per heavy atom. The Hall–Kier alpha value is -2.58. The molecule has 0 heterocycles. The van der Waals surface area contributed by atoms with E-state index in [-0.39, 0.29) is 19.1 Å². The predicted molar refractivity (Wildman–Crippen MR) is 279 cm³/mol. The number of allylic oxidation sites excluding steroid dienone is 16. The molecular formula is C56H99N2O6P. The third-order valence-electron chi connectivity index (χ3n) is 11.1. The molecule has 65 heavy (non-hydrogen) atoms. The van der Waals surface area contributed by atoms with E-state index >= 15 is 0 Å². The number of amides is 1. The van der Waals surface area contributed by atoms with Crippen LogP contribution in [-0.4, -0.2) is 68.5 Å². The zero-order valence-corrected chi connectivity index (χ0v) is 43.3. The number of phosphoric acid groups is 1. The number of carbonyl (C=O) groups excluding carboxylic acids is 1. The maximum absolute atomic E-state index is 12.9. The van der Waals surface area contributed by atoms with Crippen molar-refractivity contribution in [2.24, 2.45) is 0 Å². The molecule has 0 aliphatic heterocycles. The summed E-state index contributed by atoms with van der Waals surface area (Å²) in [5.74, 6) is -0.185. The van der Waals surface area contributed by atoms with Gasteiger partial charge in [-0.3, -0.25) is 9.36 Å². The Morgan fingerprint density at radius 3 is 1.37 bits per heavy atom. The Kier molecular flexibility index (Phi) is 44.7. The maximum Gasteiger partial charge on any atom is 0.268 e. The third kappa shape index (κ3) is 49.2. The van der Waals surface area contributed by atoms with Gasteiger partial charge in [0, 0.05) is 6.42 Å². The van der Waals surface area contributed by atoms with Crippen LogP contribution in [0.4, 0.5) is 0 Å². The smallest absolute Gasteiger partial charge is 0.268 e. The first-order chi connectivity index (χ1) is 31.5. The van der Waals surface area contributed by atoms with Gasteiger partial charge < -0.3 is 28.8 Å². The number of nitrogens with zero attached hydrogens (tertiary/aromatic N) is 1. The quantitative estimate of drug-likeness (QED) is 0.0272. The van der Waals surface area contributed by atoms with Crippen LogP contribution in [0.2, 0.25) is 0 Å². The molecule has 0 aliphatic carbocycles. The van der Waals surface area contributed by atoms with Crippen LogP contribution in [0.3, 0.4) is 0 Å². The van der Waals surface area contributed by atoms with E-state index in [9.17, 15) is 19.4 Å². The largest absolute Gasteiger partial charge is 0.756 e. The standard InChI is InChI=1S/C56H99N2O6P/c1-6-8-10-12-14-16-18-20-21-22-23-24-25-26-27-28-29-30-31-32-33-34-35-36-37-38-40-42-44-46-48-50-56(60)57-54(53-64-65(61,62)63-52-51-58(3,4)5)55(59)49-47-45-43-41-39-19-17-15-13-11-9-7-2/h8,10,14,16,20-21,23-24,26-27,29-30,32-33,35-36,54-55,59H,6-7,9,11-13,15,17-19,22,25,28,31,34,37-53H2,1-5H3,(H-,57,60,61,62)/b10-8-,16-14-,21-20-,24-23-,27-26-,30-29-,33-32-,36-35-. The van der Waals surface area contributed by atoms with Crippen LogP contribution >= 0.6 is 7.82 Å². The van der Waals surface area contributed by atoms with Gasteiger partial charge in [0.05, 0.1) is 39.9 Å². The van der Waals surface area contributed by atoms with Gasteiger partial charge in [0.2, 0.25) is 5.91 Å². The van der Waals surface area contributed by atoms with Gasteiger partial charge in [-0.05, 0) is 77.0 Å². The fourth-order valence-corrected chi connectivity index (χ4v) is 7.72. The Bertz CT molecular complexity index is 1370. The summed E-state index contributed by atoms with van der Waals surface area (Å²) in [4.78, 5) is 25.4. The van der Waals surface area contributed by atoms with Gasteiger partial charge in [0.25, 0.3) is 7.82 Å². The molecule has 0 rings (SSSR count). The molecule has 0 aromatic carbocycles. The lowest BCUT2D eigenvalue weighted by molar-refractivity contribution is -0.870. The highest BCUT2D eigenvalue weighted by Gasteiger charge is 2.24. The summed E-state index contributed by atoms with van der Waals surface area (Å²) in [5.41, 5.74) is 0. The number of phosphoric ester groups is 1. The van der Waals surface area contributed by atoms with Crippen molar-refractivity contribution < 1.29 is 32.9 Å². The van der Waals surface area contributed by atoms with Crippen molar-refractivity contribution in [2.75, 3.05) is 40.9 Å². The third-order valence-corrected chi connectivity index (χ3v) is 12.1. The SMILES string of the molecule is CC/C=C\C/C=C\C/C=C\C/C=C\C/C=C\C/C=C\C/C=C\C/C=C\CCCCCCCCC(=O)NC(COP(=O)([O-])OCC[N+](C)(C)C)C(O)CCCCCCCCCCCCCC. The normalized spacial score (nSPS) is 14.9. The van der Waals surface area contributed by atoms with E-state index in [2.05, 4.69) is 116 Å². The number of unbranched alkanes of at least 4 members (excludes halogenated alkanes) is 17. The fraction of sp³-hybridized carbons (Fsp3) is 0.696. The lowest BCUT2D eigenvalue weighted by Crippen LogP contribution is -2.46. The van der Waals surface area contributed by atoms with Gasteiger partial charge in [-0.15, -0.1) is 0 Å². The summed E-state index contributed by atoms with van der Waals surface area (Å²) < 4.78 is 23.3. The zero-order chi connectivity index (χ0) is 47.8. The molecular weight excluding hydrogens is 828 g/mol. The minimum atomic E-state index is -4.58. The summed E-state index contributed by atoms with van der Waals surface area (Å²) in [6.45, 7) is 4.57. The molecule has 9 heteroatoms. The van der Waals surface area contributed by atoms with Crippen molar-refractivity contribution in [3.63, 3.8) is 0 Å². The maximum atomic E-state index is 12.9. The van der Waals surface area contributed by atoms with E-state index in [1.165, 1.54) is 70.6 Å².